The molecule has 0 aromatic rings. The number of carbonyl (C=O) groups excluding carboxylic acids is 2. The molecule has 0 amide bonds. The predicted octanol–water partition coefficient (Wildman–Crippen LogP) is 2.31. The Balaban J connectivity index is 0. The minimum atomic E-state index is -0.504. The number of hydrogen-bond donors (Lipinski definition) is 0. The minimum absolute atomic E-state index is 0.0625. The maximum atomic E-state index is 10.0. The van der Waals surface area contributed by atoms with Crippen molar-refractivity contribution in [2.75, 3.05) is 13.2 Å². The van der Waals surface area contributed by atoms with Gasteiger partial charge in [0.1, 0.15) is 11.6 Å². The number of rotatable bonds is 8. The number of carbonyl (C=O) groups is 2. The van der Waals surface area contributed by atoms with Gasteiger partial charge in [-0.05, 0) is 13.8 Å². The molecule has 0 bridgehead atoms. The van der Waals surface area contributed by atoms with Crippen molar-refractivity contribution in [3.63, 3.8) is 0 Å². The topological polar surface area (TPSA) is 52.6 Å². The Bertz CT molecular complexity index is 165. The normalized spacial score (nSPS) is 9.00. The fraction of sp³-hybridized carbons (Fsp3) is 0.818. The fourth-order valence-corrected chi connectivity index (χ4v) is 1.71. The van der Waals surface area contributed by atoms with Crippen molar-refractivity contribution in [3.05, 3.63) is 0 Å². The van der Waals surface area contributed by atoms with Crippen molar-refractivity contribution in [1.82, 2.24) is 0 Å². The van der Waals surface area contributed by atoms with Gasteiger partial charge < -0.3 is 0 Å². The Morgan fingerprint density at radius 2 is 1.31 bits per heavy atom. The molecule has 0 rings (SSSR count). The predicted molar refractivity (Wildman–Crippen MR) is 58.5 cm³/mol. The summed E-state index contributed by atoms with van der Waals surface area (Å²) < 4.78 is 10.4. The van der Waals surface area contributed by atoms with Crippen LogP contribution in [0, 0.1) is 0 Å². The molecule has 0 aliphatic heterocycles. The van der Waals surface area contributed by atoms with Crippen molar-refractivity contribution < 1.29 is 36.2 Å². The molecular formula is C11H22O4Ti. The van der Waals surface area contributed by atoms with E-state index in [2.05, 4.69) is 13.8 Å². The summed E-state index contributed by atoms with van der Waals surface area (Å²) in [5.41, 5.74) is 0. The zero-order valence-corrected chi connectivity index (χ0v) is 12.2. The van der Waals surface area contributed by atoms with E-state index >= 15 is 0 Å². The van der Waals surface area contributed by atoms with Crippen LogP contribution in [0.2, 0.25) is 0 Å². The summed E-state index contributed by atoms with van der Waals surface area (Å²) in [5, 5.41) is 0. The molecule has 0 aliphatic rings. The molecule has 0 spiro atoms. The Hall–Kier alpha value is -0.0257. The van der Waals surface area contributed by atoms with Crippen molar-refractivity contribution in [2.24, 2.45) is 0 Å². The van der Waals surface area contributed by atoms with E-state index in [1.807, 2.05) is 0 Å². The van der Waals surface area contributed by atoms with Crippen LogP contribution in [0.1, 0.15) is 47.0 Å². The van der Waals surface area contributed by atoms with Gasteiger partial charge in [0.2, 0.25) is 0 Å². The van der Waals surface area contributed by atoms with Crippen LogP contribution in [0.4, 0.5) is 0 Å². The summed E-state index contributed by atoms with van der Waals surface area (Å²) >= 11 is -0.504. The monoisotopic (exact) mass is 266 g/mol. The Morgan fingerprint density at radius 3 is 1.50 bits per heavy atom. The van der Waals surface area contributed by atoms with Gasteiger partial charge in [-0.25, -0.2) is 0 Å². The van der Waals surface area contributed by atoms with Crippen LogP contribution in [0.15, 0.2) is 0 Å². The van der Waals surface area contributed by atoms with Crippen molar-refractivity contribution >= 4 is 11.6 Å². The molecule has 94 valence electrons. The van der Waals surface area contributed by atoms with E-state index in [0.717, 1.165) is 26.1 Å². The molecule has 0 fully saturated rings. The number of hydrogen-bond acceptors (Lipinski definition) is 4. The molecule has 0 heterocycles. The molecule has 0 aromatic carbocycles. The first-order valence-electron chi connectivity index (χ1n) is 5.52. The molecule has 0 N–H and O–H groups in total. The van der Waals surface area contributed by atoms with Gasteiger partial charge in [0.25, 0.3) is 0 Å². The van der Waals surface area contributed by atoms with E-state index in [9.17, 15) is 9.59 Å². The third-order valence-corrected chi connectivity index (χ3v) is 2.23. The van der Waals surface area contributed by atoms with E-state index in [1.54, 1.807) is 0 Å². The first-order valence-corrected chi connectivity index (χ1v) is 6.79. The quantitative estimate of drug-likeness (QED) is 0.384. The molecule has 0 aliphatic carbocycles. The summed E-state index contributed by atoms with van der Waals surface area (Å²) in [4.78, 5) is 20.1. The SMILES string of the molecule is CC(=O)CC(C)=O.CCC[O][Ti][O]CCC. The van der Waals surface area contributed by atoms with Crippen LogP contribution < -0.4 is 0 Å². The second-order valence-corrected chi connectivity index (χ2v) is 4.52. The molecule has 5 heteroatoms. The first-order chi connectivity index (χ1) is 7.54. The molecule has 0 saturated carbocycles. The standard InChI is InChI=1S/C5H8O2.2C3H7O.Ti/c1-4(6)3-5(2)7;2*1-2-3-4;/h3H2,1-2H3;2*2-3H2,1H3;/q;2*-1;+2. The van der Waals surface area contributed by atoms with Crippen LogP contribution >= 0.6 is 0 Å². The summed E-state index contributed by atoms with van der Waals surface area (Å²) in [6, 6.07) is 0. The second kappa shape index (κ2) is 15.0. The zero-order valence-electron chi connectivity index (χ0n) is 10.7. The van der Waals surface area contributed by atoms with Crippen LogP contribution in [0.25, 0.3) is 0 Å². The van der Waals surface area contributed by atoms with Gasteiger partial charge in [-0.1, -0.05) is 0 Å². The Labute approximate surface area is 108 Å². The van der Waals surface area contributed by atoms with E-state index in [4.69, 9.17) is 6.64 Å². The first kappa shape index (κ1) is 18.3. The molecule has 0 saturated heterocycles. The van der Waals surface area contributed by atoms with Gasteiger partial charge in [-0.15, -0.1) is 0 Å². The second-order valence-electron chi connectivity index (χ2n) is 3.36. The zero-order chi connectivity index (χ0) is 12.8. The van der Waals surface area contributed by atoms with Crippen LogP contribution in [0.5, 0.6) is 0 Å². The molecule has 4 nitrogen and oxygen atoms in total. The van der Waals surface area contributed by atoms with Gasteiger partial charge in [-0.2, -0.15) is 0 Å². The number of Topliss-reactive ketones (excluding diaryl/α,β-unsaturated/α-hetero) is 2. The van der Waals surface area contributed by atoms with Crippen LogP contribution in [0.3, 0.4) is 0 Å². The summed E-state index contributed by atoms with van der Waals surface area (Å²) in [6.07, 6.45) is 2.28. The number of ketones is 2. The van der Waals surface area contributed by atoms with Gasteiger partial charge in [-0.3, -0.25) is 9.59 Å². The van der Waals surface area contributed by atoms with E-state index < -0.39 is 19.9 Å². The summed E-state index contributed by atoms with van der Waals surface area (Å²) in [5.74, 6) is -0.125. The Kier molecular flexibility index (Phi) is 17.2. The van der Waals surface area contributed by atoms with E-state index in [-0.39, 0.29) is 18.0 Å². The summed E-state index contributed by atoms with van der Waals surface area (Å²) in [6.45, 7) is 8.74. The molecule has 16 heavy (non-hydrogen) atoms. The summed E-state index contributed by atoms with van der Waals surface area (Å²) in [7, 11) is 0. The van der Waals surface area contributed by atoms with Gasteiger partial charge >= 0.3 is 66.5 Å². The third-order valence-electron chi connectivity index (χ3n) is 1.23. The van der Waals surface area contributed by atoms with Crippen molar-refractivity contribution in [3.8, 4) is 0 Å². The third kappa shape index (κ3) is 23.6. The van der Waals surface area contributed by atoms with Crippen molar-refractivity contribution in [2.45, 2.75) is 47.0 Å². The molecule has 0 radical (unpaired) electrons. The molecule has 0 aromatic heterocycles. The molecule has 0 atom stereocenters. The van der Waals surface area contributed by atoms with Gasteiger partial charge in [0.15, 0.2) is 0 Å². The van der Waals surface area contributed by atoms with E-state index in [0.29, 0.717) is 0 Å². The van der Waals surface area contributed by atoms with Gasteiger partial charge in [0.05, 0.1) is 6.42 Å². The molecule has 0 unspecified atom stereocenters. The maximum absolute atomic E-state index is 10.0. The van der Waals surface area contributed by atoms with Crippen molar-refractivity contribution in [1.29, 1.82) is 0 Å². The van der Waals surface area contributed by atoms with E-state index in [1.165, 1.54) is 13.8 Å². The Morgan fingerprint density at radius 1 is 0.938 bits per heavy atom. The average molecular weight is 266 g/mol. The van der Waals surface area contributed by atoms with Gasteiger partial charge in [0, 0.05) is 0 Å². The fourth-order valence-electron chi connectivity index (χ4n) is 0.680. The van der Waals surface area contributed by atoms with Crippen LogP contribution in [-0.4, -0.2) is 24.8 Å². The average Bonchev–Trinajstić information content (AvgIpc) is 2.16. The molecular weight excluding hydrogens is 244 g/mol. The van der Waals surface area contributed by atoms with Crippen LogP contribution in [-0.2, 0) is 36.2 Å².